The van der Waals surface area contributed by atoms with Gasteiger partial charge in [-0.15, -0.1) is 0 Å². The standard InChI is InChI=1S/C17H19NO3/c1-20-14-9-5-8-13-10-15(21-16(13)14)17(19)18-11-12-6-3-2-4-7-12/h5-6,8-10H,2-4,7,11H2,1H3,(H,18,19). The maximum absolute atomic E-state index is 12.2. The lowest BCUT2D eigenvalue weighted by Crippen LogP contribution is -2.25. The van der Waals surface area contributed by atoms with E-state index in [1.54, 1.807) is 13.2 Å². The fourth-order valence-electron chi connectivity index (χ4n) is 2.66. The molecule has 0 saturated carbocycles. The average molecular weight is 285 g/mol. The van der Waals surface area contributed by atoms with E-state index in [1.807, 2.05) is 18.2 Å². The van der Waals surface area contributed by atoms with Gasteiger partial charge in [-0.05, 0) is 37.8 Å². The van der Waals surface area contributed by atoms with Crippen molar-refractivity contribution in [1.82, 2.24) is 5.32 Å². The zero-order valence-corrected chi connectivity index (χ0v) is 12.1. The van der Waals surface area contributed by atoms with Crippen molar-refractivity contribution in [2.45, 2.75) is 25.7 Å². The highest BCUT2D eigenvalue weighted by atomic mass is 16.5. The van der Waals surface area contributed by atoms with Gasteiger partial charge in [0.1, 0.15) is 0 Å². The second kappa shape index (κ2) is 6.04. The van der Waals surface area contributed by atoms with Crippen LogP contribution in [-0.4, -0.2) is 19.6 Å². The van der Waals surface area contributed by atoms with Gasteiger partial charge in [-0.2, -0.15) is 0 Å². The molecule has 0 radical (unpaired) electrons. The molecule has 4 heteroatoms. The molecule has 0 saturated heterocycles. The van der Waals surface area contributed by atoms with E-state index < -0.39 is 0 Å². The van der Waals surface area contributed by atoms with Gasteiger partial charge in [0.2, 0.25) is 0 Å². The summed E-state index contributed by atoms with van der Waals surface area (Å²) < 4.78 is 10.9. The number of hydrogen-bond acceptors (Lipinski definition) is 3. The SMILES string of the molecule is COc1cccc2cc(C(=O)NCC3=CCCCC3)oc12. The maximum Gasteiger partial charge on any atom is 0.287 e. The predicted molar refractivity (Wildman–Crippen MR) is 81.7 cm³/mol. The third kappa shape index (κ3) is 2.94. The van der Waals surface area contributed by atoms with Crippen molar-refractivity contribution in [1.29, 1.82) is 0 Å². The summed E-state index contributed by atoms with van der Waals surface area (Å²) >= 11 is 0. The number of rotatable bonds is 4. The molecule has 0 atom stereocenters. The van der Waals surface area contributed by atoms with Crippen LogP contribution in [0, 0.1) is 0 Å². The van der Waals surface area contributed by atoms with Crippen LogP contribution in [0.4, 0.5) is 0 Å². The average Bonchev–Trinajstić information content (AvgIpc) is 2.97. The monoisotopic (exact) mass is 285 g/mol. The quantitative estimate of drug-likeness (QED) is 0.872. The van der Waals surface area contributed by atoms with Crippen LogP contribution in [0.25, 0.3) is 11.0 Å². The number of para-hydroxylation sites is 1. The number of carbonyl (C=O) groups is 1. The van der Waals surface area contributed by atoms with E-state index in [4.69, 9.17) is 9.15 Å². The topological polar surface area (TPSA) is 51.5 Å². The molecular formula is C17H19NO3. The van der Waals surface area contributed by atoms with Crippen molar-refractivity contribution in [2.24, 2.45) is 0 Å². The lowest BCUT2D eigenvalue weighted by atomic mass is 10.00. The number of furan rings is 1. The van der Waals surface area contributed by atoms with Crippen LogP contribution in [0.5, 0.6) is 5.75 Å². The summed E-state index contributed by atoms with van der Waals surface area (Å²) in [5.74, 6) is 0.784. The summed E-state index contributed by atoms with van der Waals surface area (Å²) in [6.07, 6.45) is 6.89. The Morgan fingerprint density at radius 1 is 1.38 bits per heavy atom. The summed E-state index contributed by atoms with van der Waals surface area (Å²) in [7, 11) is 1.59. The fourth-order valence-corrected chi connectivity index (χ4v) is 2.66. The number of benzene rings is 1. The molecule has 0 bridgehead atoms. The molecule has 1 aromatic carbocycles. The normalized spacial score (nSPS) is 14.8. The molecule has 1 aliphatic rings. The van der Waals surface area contributed by atoms with E-state index in [2.05, 4.69) is 11.4 Å². The second-order valence-corrected chi connectivity index (χ2v) is 5.28. The molecule has 2 aromatic rings. The zero-order valence-electron chi connectivity index (χ0n) is 12.1. The first-order valence-corrected chi connectivity index (χ1v) is 7.30. The molecule has 0 spiro atoms. The lowest BCUT2D eigenvalue weighted by Gasteiger charge is -2.12. The first-order valence-electron chi connectivity index (χ1n) is 7.30. The van der Waals surface area contributed by atoms with E-state index >= 15 is 0 Å². The van der Waals surface area contributed by atoms with Crippen molar-refractivity contribution in [3.8, 4) is 5.75 Å². The number of nitrogens with one attached hydrogen (secondary N) is 1. The van der Waals surface area contributed by atoms with Crippen molar-refractivity contribution >= 4 is 16.9 Å². The lowest BCUT2D eigenvalue weighted by molar-refractivity contribution is 0.0931. The van der Waals surface area contributed by atoms with Crippen LogP contribution in [0.2, 0.25) is 0 Å². The number of fused-ring (bicyclic) bond motifs is 1. The molecule has 21 heavy (non-hydrogen) atoms. The van der Waals surface area contributed by atoms with Gasteiger partial charge in [0.05, 0.1) is 7.11 Å². The van der Waals surface area contributed by atoms with E-state index in [0.29, 0.717) is 23.6 Å². The van der Waals surface area contributed by atoms with E-state index in [-0.39, 0.29) is 5.91 Å². The minimum atomic E-state index is -0.181. The van der Waals surface area contributed by atoms with Crippen molar-refractivity contribution < 1.29 is 13.9 Å². The van der Waals surface area contributed by atoms with Crippen LogP contribution in [0.3, 0.4) is 0 Å². The van der Waals surface area contributed by atoms with E-state index in [0.717, 1.165) is 18.2 Å². The number of methoxy groups -OCH3 is 1. The van der Waals surface area contributed by atoms with Gasteiger partial charge < -0.3 is 14.5 Å². The number of carbonyl (C=O) groups excluding carboxylic acids is 1. The number of allylic oxidation sites excluding steroid dienone is 1. The molecule has 1 aliphatic carbocycles. The third-order valence-electron chi connectivity index (χ3n) is 3.81. The summed E-state index contributed by atoms with van der Waals surface area (Å²) in [4.78, 5) is 12.2. The first kappa shape index (κ1) is 13.7. The van der Waals surface area contributed by atoms with Gasteiger partial charge in [-0.3, -0.25) is 4.79 Å². The Labute approximate surface area is 123 Å². The number of ether oxygens (including phenoxy) is 1. The summed E-state index contributed by atoms with van der Waals surface area (Å²) in [6, 6.07) is 7.36. The minimum absolute atomic E-state index is 0.181. The molecule has 0 fully saturated rings. The molecule has 0 unspecified atom stereocenters. The van der Waals surface area contributed by atoms with Gasteiger partial charge in [0.15, 0.2) is 17.1 Å². The second-order valence-electron chi connectivity index (χ2n) is 5.28. The zero-order chi connectivity index (χ0) is 14.7. The highest BCUT2D eigenvalue weighted by molar-refractivity contribution is 5.97. The summed E-state index contributed by atoms with van der Waals surface area (Å²) in [5.41, 5.74) is 1.92. The van der Waals surface area contributed by atoms with Crippen LogP contribution >= 0.6 is 0 Å². The number of amides is 1. The molecule has 0 aliphatic heterocycles. The summed E-state index contributed by atoms with van der Waals surface area (Å²) in [6.45, 7) is 0.604. The highest BCUT2D eigenvalue weighted by Crippen LogP contribution is 2.28. The van der Waals surface area contributed by atoms with Gasteiger partial charge in [-0.25, -0.2) is 0 Å². The Hall–Kier alpha value is -2.23. The molecule has 4 nitrogen and oxygen atoms in total. The molecule has 1 N–H and O–H groups in total. The fraction of sp³-hybridized carbons (Fsp3) is 0.353. The smallest absolute Gasteiger partial charge is 0.287 e. The van der Waals surface area contributed by atoms with Crippen molar-refractivity contribution in [3.05, 3.63) is 41.7 Å². The van der Waals surface area contributed by atoms with Gasteiger partial charge >= 0.3 is 0 Å². The Bertz CT molecular complexity index is 684. The van der Waals surface area contributed by atoms with Crippen LogP contribution < -0.4 is 10.1 Å². The van der Waals surface area contributed by atoms with Gasteiger partial charge in [0, 0.05) is 11.9 Å². The van der Waals surface area contributed by atoms with Crippen molar-refractivity contribution in [3.63, 3.8) is 0 Å². The predicted octanol–water partition coefficient (Wildman–Crippen LogP) is 3.67. The van der Waals surface area contributed by atoms with Gasteiger partial charge in [0.25, 0.3) is 5.91 Å². The van der Waals surface area contributed by atoms with E-state index in [1.165, 1.54) is 18.4 Å². The Balaban J connectivity index is 1.74. The molecule has 1 aromatic heterocycles. The van der Waals surface area contributed by atoms with Crippen molar-refractivity contribution in [2.75, 3.05) is 13.7 Å². The van der Waals surface area contributed by atoms with Crippen LogP contribution in [-0.2, 0) is 0 Å². The molecule has 110 valence electrons. The first-order chi connectivity index (χ1) is 10.3. The van der Waals surface area contributed by atoms with E-state index in [9.17, 15) is 4.79 Å². The third-order valence-corrected chi connectivity index (χ3v) is 3.81. The summed E-state index contributed by atoms with van der Waals surface area (Å²) in [5, 5.41) is 3.80. The molecule has 1 heterocycles. The Morgan fingerprint density at radius 3 is 3.05 bits per heavy atom. The van der Waals surface area contributed by atoms with Gasteiger partial charge in [-0.1, -0.05) is 23.8 Å². The Morgan fingerprint density at radius 2 is 2.29 bits per heavy atom. The minimum Gasteiger partial charge on any atom is -0.493 e. The maximum atomic E-state index is 12.2. The molecular weight excluding hydrogens is 266 g/mol. The molecule has 1 amide bonds. The number of hydrogen-bond donors (Lipinski definition) is 1. The molecule has 3 rings (SSSR count). The van der Waals surface area contributed by atoms with Crippen LogP contribution in [0.15, 0.2) is 40.3 Å². The van der Waals surface area contributed by atoms with Crippen LogP contribution in [0.1, 0.15) is 36.2 Å². The highest BCUT2D eigenvalue weighted by Gasteiger charge is 2.15. The Kier molecular flexibility index (Phi) is 3.95. The largest absolute Gasteiger partial charge is 0.493 e.